The van der Waals surface area contributed by atoms with Gasteiger partial charge in [-0.15, -0.1) is 0 Å². The summed E-state index contributed by atoms with van der Waals surface area (Å²) in [5.41, 5.74) is 7.37. The van der Waals surface area contributed by atoms with Crippen LogP contribution in [0.2, 0.25) is 0 Å². The van der Waals surface area contributed by atoms with Gasteiger partial charge in [0.25, 0.3) is 0 Å². The monoisotopic (exact) mass is 373 g/mol. The molecule has 27 heavy (non-hydrogen) atoms. The van der Waals surface area contributed by atoms with E-state index in [1.807, 2.05) is 0 Å². The lowest BCUT2D eigenvalue weighted by atomic mass is 9.91. The molecule has 2 heterocycles. The third-order valence-corrected chi connectivity index (χ3v) is 5.13. The van der Waals surface area contributed by atoms with Crippen molar-refractivity contribution in [1.29, 1.82) is 0 Å². The number of aromatic nitrogens is 2. The molecule has 2 atom stereocenters. The summed E-state index contributed by atoms with van der Waals surface area (Å²) in [6, 6.07) is 6.95. The van der Waals surface area contributed by atoms with Gasteiger partial charge < -0.3 is 10.7 Å². The molecular formula is C20H18F3N3O. The Kier molecular flexibility index (Phi) is 4.39. The summed E-state index contributed by atoms with van der Waals surface area (Å²) in [6.07, 6.45) is 3.24. The first-order valence-electron chi connectivity index (χ1n) is 8.72. The average molecular weight is 373 g/mol. The van der Waals surface area contributed by atoms with Gasteiger partial charge >= 0.3 is 5.69 Å². The van der Waals surface area contributed by atoms with Crippen LogP contribution in [0.3, 0.4) is 0 Å². The SMILES string of the molecule is NC1CCc2c[nH]c(=O)n2C1Cc1cccc(-c2cc(F)cc(F)c2)c1F. The van der Waals surface area contributed by atoms with Crippen LogP contribution in [0.25, 0.3) is 11.1 Å². The molecule has 3 aromatic rings. The lowest BCUT2D eigenvalue weighted by Crippen LogP contribution is -2.42. The van der Waals surface area contributed by atoms with Crippen molar-refractivity contribution in [3.63, 3.8) is 0 Å². The van der Waals surface area contributed by atoms with Gasteiger partial charge in [-0.25, -0.2) is 18.0 Å². The van der Waals surface area contributed by atoms with Crippen molar-refractivity contribution < 1.29 is 13.2 Å². The summed E-state index contributed by atoms with van der Waals surface area (Å²) in [5, 5.41) is 0. The number of imidazole rings is 1. The molecule has 0 bridgehead atoms. The van der Waals surface area contributed by atoms with Gasteiger partial charge in [-0.1, -0.05) is 18.2 Å². The molecule has 0 radical (unpaired) electrons. The van der Waals surface area contributed by atoms with Crippen molar-refractivity contribution >= 4 is 0 Å². The molecule has 4 rings (SSSR count). The molecule has 0 aliphatic carbocycles. The summed E-state index contributed by atoms with van der Waals surface area (Å²) in [7, 11) is 0. The van der Waals surface area contributed by atoms with E-state index in [-0.39, 0.29) is 35.3 Å². The first-order chi connectivity index (χ1) is 12.9. The smallest absolute Gasteiger partial charge is 0.326 e. The molecule has 4 nitrogen and oxygen atoms in total. The Balaban J connectivity index is 1.74. The average Bonchev–Trinajstić information content (AvgIpc) is 2.99. The van der Waals surface area contributed by atoms with E-state index in [1.54, 1.807) is 22.9 Å². The predicted molar refractivity (Wildman–Crippen MR) is 95.8 cm³/mol. The van der Waals surface area contributed by atoms with E-state index in [0.717, 1.165) is 23.9 Å². The zero-order chi connectivity index (χ0) is 19.1. The lowest BCUT2D eigenvalue weighted by molar-refractivity contribution is 0.335. The highest BCUT2D eigenvalue weighted by molar-refractivity contribution is 5.65. The molecule has 1 aliphatic heterocycles. The number of nitrogens with zero attached hydrogens (tertiary/aromatic N) is 1. The largest absolute Gasteiger partial charge is 0.326 e. The molecule has 0 amide bonds. The Bertz CT molecular complexity index is 1040. The van der Waals surface area contributed by atoms with Gasteiger partial charge in [0.1, 0.15) is 17.5 Å². The van der Waals surface area contributed by atoms with Gasteiger partial charge in [-0.3, -0.25) is 4.57 Å². The van der Waals surface area contributed by atoms with Crippen LogP contribution in [0.5, 0.6) is 0 Å². The molecule has 0 saturated heterocycles. The van der Waals surface area contributed by atoms with Gasteiger partial charge in [-0.05, 0) is 42.5 Å². The van der Waals surface area contributed by atoms with Crippen molar-refractivity contribution in [2.24, 2.45) is 5.73 Å². The predicted octanol–water partition coefficient (Wildman–Crippen LogP) is 3.32. The highest BCUT2D eigenvalue weighted by atomic mass is 19.1. The van der Waals surface area contributed by atoms with Crippen LogP contribution in [0.15, 0.2) is 47.4 Å². The minimum absolute atomic E-state index is 0.108. The van der Waals surface area contributed by atoms with Crippen LogP contribution in [0, 0.1) is 17.5 Å². The summed E-state index contributed by atoms with van der Waals surface area (Å²) in [5.74, 6) is -2.11. The lowest BCUT2D eigenvalue weighted by Gasteiger charge is -2.31. The Morgan fingerprint density at radius 2 is 1.89 bits per heavy atom. The Labute approximate surface area is 153 Å². The van der Waals surface area contributed by atoms with Crippen molar-refractivity contribution in [3.8, 4) is 11.1 Å². The summed E-state index contributed by atoms with van der Waals surface area (Å²) in [4.78, 5) is 14.8. The zero-order valence-electron chi connectivity index (χ0n) is 14.4. The van der Waals surface area contributed by atoms with Crippen LogP contribution < -0.4 is 11.4 Å². The fourth-order valence-electron chi connectivity index (χ4n) is 3.81. The van der Waals surface area contributed by atoms with E-state index < -0.39 is 17.5 Å². The van der Waals surface area contributed by atoms with E-state index in [4.69, 9.17) is 5.73 Å². The van der Waals surface area contributed by atoms with Gasteiger partial charge in [0.05, 0.1) is 6.04 Å². The maximum absolute atomic E-state index is 15.1. The number of fused-ring (bicyclic) bond motifs is 1. The third-order valence-electron chi connectivity index (χ3n) is 5.13. The summed E-state index contributed by atoms with van der Waals surface area (Å²) in [6.45, 7) is 0. The number of halogens is 3. The molecule has 1 aliphatic rings. The van der Waals surface area contributed by atoms with Gasteiger partial charge in [0.2, 0.25) is 0 Å². The Morgan fingerprint density at radius 3 is 2.63 bits per heavy atom. The first-order valence-corrected chi connectivity index (χ1v) is 8.72. The molecule has 3 N–H and O–H groups in total. The third kappa shape index (κ3) is 3.19. The first kappa shape index (κ1) is 17.6. The number of aryl methyl sites for hydroxylation is 1. The van der Waals surface area contributed by atoms with Crippen molar-refractivity contribution in [3.05, 3.63) is 81.8 Å². The van der Waals surface area contributed by atoms with Crippen molar-refractivity contribution in [2.75, 3.05) is 0 Å². The normalized spacial score (nSPS) is 19.1. The minimum atomic E-state index is -0.771. The second kappa shape index (κ2) is 6.74. The molecule has 0 fully saturated rings. The number of benzene rings is 2. The van der Waals surface area contributed by atoms with Crippen molar-refractivity contribution in [2.45, 2.75) is 31.3 Å². The number of hydrogen-bond donors (Lipinski definition) is 2. The zero-order valence-corrected chi connectivity index (χ0v) is 14.4. The summed E-state index contributed by atoms with van der Waals surface area (Å²) >= 11 is 0. The Hall–Kier alpha value is -2.80. The highest BCUT2D eigenvalue weighted by Gasteiger charge is 2.29. The van der Waals surface area contributed by atoms with Crippen LogP contribution in [-0.2, 0) is 12.8 Å². The number of nitrogens with one attached hydrogen (secondary N) is 1. The fourth-order valence-corrected chi connectivity index (χ4v) is 3.81. The molecule has 2 aromatic carbocycles. The quantitative estimate of drug-likeness (QED) is 0.740. The van der Waals surface area contributed by atoms with E-state index in [1.165, 1.54) is 6.07 Å². The van der Waals surface area contributed by atoms with E-state index in [9.17, 15) is 13.6 Å². The molecule has 7 heteroatoms. The fraction of sp³-hybridized carbons (Fsp3) is 0.250. The number of rotatable bonds is 3. The molecule has 2 unspecified atom stereocenters. The van der Waals surface area contributed by atoms with Gasteiger partial charge in [-0.2, -0.15) is 0 Å². The van der Waals surface area contributed by atoms with E-state index in [0.29, 0.717) is 18.4 Å². The maximum Gasteiger partial charge on any atom is 0.326 e. The maximum atomic E-state index is 15.1. The van der Waals surface area contributed by atoms with E-state index in [2.05, 4.69) is 4.98 Å². The molecule has 140 valence electrons. The number of H-pyrrole nitrogens is 1. The highest BCUT2D eigenvalue weighted by Crippen LogP contribution is 2.31. The van der Waals surface area contributed by atoms with Crippen LogP contribution >= 0.6 is 0 Å². The Morgan fingerprint density at radius 1 is 1.15 bits per heavy atom. The van der Waals surface area contributed by atoms with Crippen molar-refractivity contribution in [1.82, 2.24) is 9.55 Å². The van der Waals surface area contributed by atoms with E-state index >= 15 is 4.39 Å². The number of aromatic amines is 1. The number of nitrogens with two attached hydrogens (primary N) is 1. The second-order valence-corrected chi connectivity index (χ2v) is 6.87. The van der Waals surface area contributed by atoms with Gasteiger partial charge in [0.15, 0.2) is 0 Å². The molecular weight excluding hydrogens is 355 g/mol. The molecule has 1 aromatic heterocycles. The van der Waals surface area contributed by atoms with Gasteiger partial charge in [0, 0.05) is 29.6 Å². The standard InChI is InChI=1S/C20H18F3N3O/c21-13-6-12(7-14(22)9-13)16-3-1-2-11(19(16)23)8-18-17(24)5-4-15-10-25-20(27)26(15)18/h1-3,6-7,9-10,17-18H,4-5,8,24H2,(H,25,27). The number of hydrogen-bond acceptors (Lipinski definition) is 2. The molecule has 0 spiro atoms. The van der Waals surface area contributed by atoms with Crippen LogP contribution in [0.4, 0.5) is 13.2 Å². The van der Waals surface area contributed by atoms with Crippen LogP contribution in [0.1, 0.15) is 23.7 Å². The minimum Gasteiger partial charge on any atom is -0.326 e. The summed E-state index contributed by atoms with van der Waals surface area (Å²) < 4.78 is 43.8. The van der Waals surface area contributed by atoms with Crippen LogP contribution in [-0.4, -0.2) is 15.6 Å². The second-order valence-electron chi connectivity index (χ2n) is 6.87. The topological polar surface area (TPSA) is 63.8 Å². The molecule has 0 saturated carbocycles.